The second-order valence-electron chi connectivity index (χ2n) is 2.86. The van der Waals surface area contributed by atoms with Crippen molar-refractivity contribution in [3.05, 3.63) is 34.1 Å². The molecule has 78 valence electrons. The number of hydrogen-bond acceptors (Lipinski definition) is 3. The van der Waals surface area contributed by atoms with Gasteiger partial charge in [0.15, 0.2) is 0 Å². The van der Waals surface area contributed by atoms with Gasteiger partial charge in [-0.3, -0.25) is 0 Å². The zero-order valence-corrected chi connectivity index (χ0v) is 8.78. The molecule has 0 fully saturated rings. The van der Waals surface area contributed by atoms with Crippen molar-refractivity contribution in [1.82, 2.24) is 0 Å². The van der Waals surface area contributed by atoms with Gasteiger partial charge in [-0.2, -0.15) is 0 Å². The lowest BCUT2D eigenvalue weighted by atomic mass is 10.1. The number of aliphatic hydroxyl groups is 3. The highest BCUT2D eigenvalue weighted by Crippen LogP contribution is 2.26. The van der Waals surface area contributed by atoms with Crippen molar-refractivity contribution in [1.29, 1.82) is 0 Å². The lowest BCUT2D eigenvalue weighted by molar-refractivity contribution is -0.0156. The Kier molecular flexibility index (Phi) is 4.00. The Labute approximate surface area is 88.9 Å². The van der Waals surface area contributed by atoms with Crippen LogP contribution in [0.15, 0.2) is 22.7 Å². The molecule has 0 amide bonds. The zero-order chi connectivity index (χ0) is 10.7. The molecule has 0 aliphatic heterocycles. The topological polar surface area (TPSA) is 60.7 Å². The third kappa shape index (κ3) is 2.51. The van der Waals surface area contributed by atoms with E-state index in [-0.39, 0.29) is 0 Å². The molecular formula is C9H10BrFO3. The van der Waals surface area contributed by atoms with Crippen molar-refractivity contribution in [2.45, 2.75) is 12.2 Å². The van der Waals surface area contributed by atoms with Crippen molar-refractivity contribution < 1.29 is 19.7 Å². The summed E-state index contributed by atoms with van der Waals surface area (Å²) in [7, 11) is 0. The average Bonchev–Trinajstić information content (AvgIpc) is 2.15. The van der Waals surface area contributed by atoms with Gasteiger partial charge < -0.3 is 15.3 Å². The van der Waals surface area contributed by atoms with Crippen LogP contribution in [0.3, 0.4) is 0 Å². The van der Waals surface area contributed by atoms with Crippen LogP contribution in [0.25, 0.3) is 0 Å². The number of aliphatic hydroxyl groups excluding tert-OH is 3. The molecule has 2 atom stereocenters. The molecule has 0 saturated carbocycles. The van der Waals surface area contributed by atoms with Crippen LogP contribution in [0.1, 0.15) is 11.7 Å². The highest BCUT2D eigenvalue weighted by Gasteiger charge is 2.19. The highest BCUT2D eigenvalue weighted by atomic mass is 79.9. The molecule has 3 nitrogen and oxygen atoms in total. The van der Waals surface area contributed by atoms with Gasteiger partial charge in [0.05, 0.1) is 6.61 Å². The minimum Gasteiger partial charge on any atom is -0.394 e. The first kappa shape index (κ1) is 11.6. The summed E-state index contributed by atoms with van der Waals surface area (Å²) in [6.07, 6.45) is -2.49. The van der Waals surface area contributed by atoms with Crippen LogP contribution >= 0.6 is 15.9 Å². The molecular weight excluding hydrogens is 255 g/mol. The molecule has 0 saturated heterocycles. The van der Waals surface area contributed by atoms with Crippen molar-refractivity contribution in [2.75, 3.05) is 6.61 Å². The van der Waals surface area contributed by atoms with Gasteiger partial charge in [0, 0.05) is 4.47 Å². The first-order valence-electron chi connectivity index (χ1n) is 3.98. The van der Waals surface area contributed by atoms with E-state index in [0.717, 1.165) is 0 Å². The van der Waals surface area contributed by atoms with Crippen LogP contribution in [0, 0.1) is 5.82 Å². The summed E-state index contributed by atoms with van der Waals surface area (Å²) in [6, 6.07) is 3.71. The smallest absolute Gasteiger partial charge is 0.124 e. The number of rotatable bonds is 3. The van der Waals surface area contributed by atoms with E-state index in [1.54, 1.807) is 0 Å². The van der Waals surface area contributed by atoms with E-state index >= 15 is 0 Å². The van der Waals surface area contributed by atoms with E-state index in [1.807, 2.05) is 0 Å². The summed E-state index contributed by atoms with van der Waals surface area (Å²) in [4.78, 5) is 0. The molecule has 2 unspecified atom stereocenters. The second-order valence-corrected chi connectivity index (χ2v) is 3.71. The summed E-state index contributed by atoms with van der Waals surface area (Å²) < 4.78 is 13.0. The fourth-order valence-corrected chi connectivity index (χ4v) is 1.63. The van der Waals surface area contributed by atoms with Gasteiger partial charge in [0.1, 0.15) is 18.0 Å². The quantitative estimate of drug-likeness (QED) is 0.763. The van der Waals surface area contributed by atoms with Gasteiger partial charge in [-0.25, -0.2) is 4.39 Å². The maximum Gasteiger partial charge on any atom is 0.124 e. The largest absolute Gasteiger partial charge is 0.394 e. The Balaban J connectivity index is 2.95. The molecule has 5 heteroatoms. The lowest BCUT2D eigenvalue weighted by Crippen LogP contribution is -2.22. The van der Waals surface area contributed by atoms with Gasteiger partial charge >= 0.3 is 0 Å². The minimum atomic E-state index is -1.27. The van der Waals surface area contributed by atoms with Gasteiger partial charge in [-0.05, 0) is 17.7 Å². The normalized spacial score (nSPS) is 15.2. The third-order valence-electron chi connectivity index (χ3n) is 1.83. The van der Waals surface area contributed by atoms with E-state index in [2.05, 4.69) is 15.9 Å². The lowest BCUT2D eigenvalue weighted by Gasteiger charge is -2.17. The Morgan fingerprint density at radius 2 is 2.00 bits per heavy atom. The van der Waals surface area contributed by atoms with E-state index in [9.17, 15) is 9.50 Å². The van der Waals surface area contributed by atoms with E-state index in [1.165, 1.54) is 18.2 Å². The zero-order valence-electron chi connectivity index (χ0n) is 7.19. The molecule has 1 aromatic rings. The summed E-state index contributed by atoms with van der Waals surface area (Å²) >= 11 is 3.05. The Bertz CT molecular complexity index is 319. The molecule has 14 heavy (non-hydrogen) atoms. The standard InChI is InChI=1S/C9H10BrFO3/c10-7-3-5(11)1-2-6(7)9(14)8(13)4-12/h1-3,8-9,12-14H,4H2. The molecule has 0 heterocycles. The Morgan fingerprint density at radius 3 is 2.50 bits per heavy atom. The van der Waals surface area contributed by atoms with E-state index < -0.39 is 24.6 Å². The number of benzene rings is 1. The summed E-state index contributed by atoms with van der Waals surface area (Å²) in [5, 5.41) is 27.3. The van der Waals surface area contributed by atoms with Crippen molar-refractivity contribution in [2.24, 2.45) is 0 Å². The van der Waals surface area contributed by atoms with Crippen LogP contribution < -0.4 is 0 Å². The molecule has 0 aliphatic rings. The first-order valence-corrected chi connectivity index (χ1v) is 4.77. The van der Waals surface area contributed by atoms with Crippen LogP contribution in [0.4, 0.5) is 4.39 Å². The molecule has 1 aromatic carbocycles. The van der Waals surface area contributed by atoms with Crippen LogP contribution in [0.5, 0.6) is 0 Å². The van der Waals surface area contributed by atoms with Crippen LogP contribution in [0.2, 0.25) is 0 Å². The number of halogens is 2. The molecule has 0 spiro atoms. The van der Waals surface area contributed by atoms with Crippen molar-refractivity contribution in [3.8, 4) is 0 Å². The Morgan fingerprint density at radius 1 is 1.36 bits per heavy atom. The summed E-state index contributed by atoms with van der Waals surface area (Å²) in [5.74, 6) is -0.439. The molecule has 1 rings (SSSR count). The fraction of sp³-hybridized carbons (Fsp3) is 0.333. The van der Waals surface area contributed by atoms with E-state index in [4.69, 9.17) is 10.2 Å². The van der Waals surface area contributed by atoms with Crippen molar-refractivity contribution in [3.63, 3.8) is 0 Å². The predicted molar refractivity (Wildman–Crippen MR) is 52.2 cm³/mol. The summed E-state index contributed by atoms with van der Waals surface area (Å²) in [6.45, 7) is -0.551. The van der Waals surface area contributed by atoms with E-state index in [0.29, 0.717) is 10.0 Å². The van der Waals surface area contributed by atoms with Gasteiger partial charge in [-0.1, -0.05) is 22.0 Å². The predicted octanol–water partition coefficient (Wildman–Crippen LogP) is 0.975. The second kappa shape index (κ2) is 4.84. The van der Waals surface area contributed by atoms with Gasteiger partial charge in [0.25, 0.3) is 0 Å². The van der Waals surface area contributed by atoms with Gasteiger partial charge in [0.2, 0.25) is 0 Å². The van der Waals surface area contributed by atoms with Crippen LogP contribution in [-0.4, -0.2) is 28.0 Å². The minimum absolute atomic E-state index is 0.341. The molecule has 0 aliphatic carbocycles. The molecule has 0 radical (unpaired) electrons. The number of hydrogen-bond donors (Lipinski definition) is 3. The third-order valence-corrected chi connectivity index (χ3v) is 2.52. The molecule has 0 aromatic heterocycles. The SMILES string of the molecule is OCC(O)C(O)c1ccc(F)cc1Br. The molecule has 0 bridgehead atoms. The van der Waals surface area contributed by atoms with Gasteiger partial charge in [-0.15, -0.1) is 0 Å². The van der Waals surface area contributed by atoms with Crippen LogP contribution in [-0.2, 0) is 0 Å². The Hall–Kier alpha value is -0.490. The molecule has 3 N–H and O–H groups in total. The highest BCUT2D eigenvalue weighted by molar-refractivity contribution is 9.10. The first-order chi connectivity index (χ1) is 6.56. The fourth-order valence-electron chi connectivity index (χ4n) is 1.05. The van der Waals surface area contributed by atoms with Crippen molar-refractivity contribution >= 4 is 15.9 Å². The maximum atomic E-state index is 12.7. The summed E-state index contributed by atoms with van der Waals surface area (Å²) in [5.41, 5.74) is 0.341. The monoisotopic (exact) mass is 264 g/mol. The maximum absolute atomic E-state index is 12.7. The average molecular weight is 265 g/mol.